The number of hydrogen-bond donors (Lipinski definition) is 1. The maximum absolute atomic E-state index is 11.7. The van der Waals surface area contributed by atoms with Crippen molar-refractivity contribution in [1.29, 1.82) is 0 Å². The van der Waals surface area contributed by atoms with Crippen LogP contribution in [0.1, 0.15) is 27.2 Å². The summed E-state index contributed by atoms with van der Waals surface area (Å²) in [5.74, 6) is 0. The van der Waals surface area contributed by atoms with Crippen LogP contribution in [0.3, 0.4) is 0 Å². The van der Waals surface area contributed by atoms with Crippen LogP contribution in [0.2, 0.25) is 0 Å². The van der Waals surface area contributed by atoms with Crippen LogP contribution >= 0.6 is 0 Å². The Balaban J connectivity index is 4.69. The van der Waals surface area contributed by atoms with Crippen LogP contribution in [0.15, 0.2) is 0 Å². The minimum atomic E-state index is -3.38. The van der Waals surface area contributed by atoms with Gasteiger partial charge in [0.05, 0.1) is 0 Å². The van der Waals surface area contributed by atoms with Gasteiger partial charge < -0.3 is 4.74 Å². The lowest BCUT2D eigenvalue weighted by atomic mass is 9.86. The third kappa shape index (κ3) is 5.25. The molecule has 0 heterocycles. The molecular weight excluding hydrogens is 228 g/mol. The third-order valence-corrected chi connectivity index (χ3v) is 3.97. The normalized spacial score (nSPS) is 15.4. The molecule has 0 spiro atoms. The number of nitrogens with one attached hydrogen (secondary N) is 1. The topological polar surface area (TPSA) is 58.6 Å². The molecule has 5 nitrogen and oxygen atoms in total. The number of hydrogen-bond acceptors (Lipinski definition) is 3. The van der Waals surface area contributed by atoms with Crippen molar-refractivity contribution in [3.05, 3.63) is 0 Å². The van der Waals surface area contributed by atoms with E-state index in [0.29, 0.717) is 13.0 Å². The first kappa shape index (κ1) is 15.8. The summed E-state index contributed by atoms with van der Waals surface area (Å²) in [5, 5.41) is 0. The molecule has 98 valence electrons. The Kier molecular flexibility index (Phi) is 5.89. The van der Waals surface area contributed by atoms with Gasteiger partial charge in [0.15, 0.2) is 0 Å². The van der Waals surface area contributed by atoms with Crippen LogP contribution in [0, 0.1) is 5.41 Å². The Bertz CT molecular complexity index is 294. The number of methoxy groups -OCH3 is 1. The fraction of sp³-hybridized carbons (Fsp3) is 1.00. The molecule has 0 aromatic rings. The summed E-state index contributed by atoms with van der Waals surface area (Å²) in [4.78, 5) is 0. The van der Waals surface area contributed by atoms with Crippen molar-refractivity contribution in [3.8, 4) is 0 Å². The van der Waals surface area contributed by atoms with Crippen molar-refractivity contribution in [2.45, 2.75) is 33.2 Å². The first-order valence-corrected chi connectivity index (χ1v) is 6.74. The van der Waals surface area contributed by atoms with Gasteiger partial charge in [-0.05, 0) is 11.8 Å². The second-order valence-electron chi connectivity index (χ2n) is 5.11. The van der Waals surface area contributed by atoms with Gasteiger partial charge in [-0.1, -0.05) is 20.8 Å². The van der Waals surface area contributed by atoms with E-state index in [4.69, 9.17) is 4.74 Å². The van der Waals surface area contributed by atoms with Gasteiger partial charge in [-0.2, -0.15) is 17.4 Å². The van der Waals surface area contributed by atoms with Gasteiger partial charge in [-0.25, -0.2) is 0 Å². The van der Waals surface area contributed by atoms with Gasteiger partial charge in [0.25, 0.3) is 10.2 Å². The highest BCUT2D eigenvalue weighted by atomic mass is 32.2. The van der Waals surface area contributed by atoms with E-state index in [1.807, 2.05) is 20.8 Å². The maximum atomic E-state index is 11.7. The minimum Gasteiger partial charge on any atom is -0.385 e. The van der Waals surface area contributed by atoms with Gasteiger partial charge in [-0.3, -0.25) is 0 Å². The molecular formula is C10H24N2O3S. The van der Waals surface area contributed by atoms with Crippen LogP contribution < -0.4 is 4.72 Å². The Hall–Kier alpha value is -0.170. The summed E-state index contributed by atoms with van der Waals surface area (Å²) >= 11 is 0. The molecule has 0 rings (SSSR count). The average molecular weight is 252 g/mol. The molecule has 0 bridgehead atoms. The van der Waals surface area contributed by atoms with E-state index in [0.717, 1.165) is 0 Å². The quantitative estimate of drug-likeness (QED) is 0.762. The predicted octanol–water partition coefficient (Wildman–Crippen LogP) is 0.834. The van der Waals surface area contributed by atoms with E-state index in [1.165, 1.54) is 18.4 Å². The van der Waals surface area contributed by atoms with Crippen molar-refractivity contribution >= 4 is 10.2 Å². The van der Waals surface area contributed by atoms with Gasteiger partial charge >= 0.3 is 0 Å². The highest BCUT2D eigenvalue weighted by Crippen LogP contribution is 2.22. The Morgan fingerprint density at radius 3 is 2.12 bits per heavy atom. The van der Waals surface area contributed by atoms with E-state index < -0.39 is 10.2 Å². The summed E-state index contributed by atoms with van der Waals surface area (Å²) < 4.78 is 32.3. The lowest BCUT2D eigenvalue weighted by Crippen LogP contribution is -2.48. The lowest BCUT2D eigenvalue weighted by molar-refractivity contribution is 0.160. The van der Waals surface area contributed by atoms with Gasteiger partial charge in [0.2, 0.25) is 0 Å². The third-order valence-electron chi connectivity index (χ3n) is 2.43. The standard InChI is InChI=1S/C10H24N2O3S/c1-10(2,3)9(7-8-15-6)11-16(13,14)12(4)5/h9,11H,7-8H2,1-6H3/t9-/m0/s1. The van der Waals surface area contributed by atoms with Crippen LogP contribution in [0.25, 0.3) is 0 Å². The molecule has 6 heteroatoms. The Labute approximate surface area is 99.3 Å². The van der Waals surface area contributed by atoms with Crippen LogP contribution in [-0.4, -0.2) is 46.6 Å². The van der Waals surface area contributed by atoms with E-state index in [9.17, 15) is 8.42 Å². The second-order valence-corrected chi connectivity index (χ2v) is 7.02. The molecule has 0 aromatic heterocycles. The second kappa shape index (κ2) is 5.95. The largest absolute Gasteiger partial charge is 0.385 e. The predicted molar refractivity (Wildman–Crippen MR) is 65.5 cm³/mol. The zero-order valence-electron chi connectivity index (χ0n) is 11.1. The molecule has 0 aromatic carbocycles. The molecule has 0 aliphatic carbocycles. The molecule has 16 heavy (non-hydrogen) atoms. The van der Waals surface area contributed by atoms with E-state index in [1.54, 1.807) is 7.11 Å². The lowest BCUT2D eigenvalue weighted by Gasteiger charge is -2.32. The highest BCUT2D eigenvalue weighted by Gasteiger charge is 2.29. The molecule has 0 amide bonds. The molecule has 0 aliphatic heterocycles. The molecule has 0 saturated heterocycles. The molecule has 0 radical (unpaired) electrons. The van der Waals surface area contributed by atoms with E-state index in [-0.39, 0.29) is 11.5 Å². The summed E-state index contributed by atoms with van der Waals surface area (Å²) in [6.07, 6.45) is 0.660. The molecule has 0 saturated carbocycles. The first-order valence-electron chi connectivity index (χ1n) is 5.30. The summed E-state index contributed by atoms with van der Waals surface area (Å²) in [7, 11) is 1.25. The molecule has 0 fully saturated rings. The van der Waals surface area contributed by atoms with E-state index >= 15 is 0 Å². The average Bonchev–Trinajstić information content (AvgIpc) is 2.10. The molecule has 0 aliphatic rings. The maximum Gasteiger partial charge on any atom is 0.279 e. The molecule has 1 atom stereocenters. The van der Waals surface area contributed by atoms with Crippen LogP contribution in [-0.2, 0) is 14.9 Å². The molecule has 0 unspecified atom stereocenters. The van der Waals surface area contributed by atoms with Gasteiger partial charge in [0.1, 0.15) is 0 Å². The van der Waals surface area contributed by atoms with Crippen LogP contribution in [0.5, 0.6) is 0 Å². The van der Waals surface area contributed by atoms with Crippen molar-refractivity contribution < 1.29 is 13.2 Å². The Morgan fingerprint density at radius 2 is 1.81 bits per heavy atom. The van der Waals surface area contributed by atoms with Crippen molar-refractivity contribution in [2.75, 3.05) is 27.8 Å². The van der Waals surface area contributed by atoms with Gasteiger partial charge in [0, 0.05) is 33.9 Å². The zero-order valence-corrected chi connectivity index (χ0v) is 11.9. The first-order chi connectivity index (χ1) is 7.11. The fourth-order valence-electron chi connectivity index (χ4n) is 1.19. The van der Waals surface area contributed by atoms with Crippen molar-refractivity contribution in [3.63, 3.8) is 0 Å². The van der Waals surface area contributed by atoms with Crippen molar-refractivity contribution in [2.24, 2.45) is 5.41 Å². The van der Waals surface area contributed by atoms with E-state index in [2.05, 4.69) is 4.72 Å². The number of nitrogens with zero attached hydrogens (tertiary/aromatic N) is 1. The van der Waals surface area contributed by atoms with Crippen LogP contribution in [0.4, 0.5) is 0 Å². The van der Waals surface area contributed by atoms with Gasteiger partial charge in [-0.15, -0.1) is 0 Å². The fourth-order valence-corrected chi connectivity index (χ4v) is 2.23. The highest BCUT2D eigenvalue weighted by molar-refractivity contribution is 7.87. The summed E-state index contributed by atoms with van der Waals surface area (Å²) in [5.41, 5.74) is -0.137. The number of ether oxygens (including phenoxy) is 1. The zero-order chi connectivity index (χ0) is 13.0. The minimum absolute atomic E-state index is 0.137. The summed E-state index contributed by atoms with van der Waals surface area (Å²) in [6.45, 7) is 6.56. The molecule has 1 N–H and O–H groups in total. The number of rotatable bonds is 6. The smallest absolute Gasteiger partial charge is 0.279 e. The Morgan fingerprint density at radius 1 is 1.31 bits per heavy atom. The monoisotopic (exact) mass is 252 g/mol. The summed E-state index contributed by atoms with van der Waals surface area (Å²) in [6, 6.07) is -0.139. The SMILES string of the molecule is COCC[C@H](NS(=O)(=O)N(C)C)C(C)(C)C. The van der Waals surface area contributed by atoms with Crippen molar-refractivity contribution in [1.82, 2.24) is 9.03 Å².